The minimum atomic E-state index is -0.460. The summed E-state index contributed by atoms with van der Waals surface area (Å²) in [6, 6.07) is 7.77. The summed E-state index contributed by atoms with van der Waals surface area (Å²) in [6.07, 6.45) is 4.53. The van der Waals surface area contributed by atoms with Gasteiger partial charge in [0.1, 0.15) is 5.75 Å². The first kappa shape index (κ1) is 16.8. The smallest absolute Gasteiger partial charge is 0.260 e. The van der Waals surface area contributed by atoms with Crippen LogP contribution in [-0.2, 0) is 4.79 Å². The number of carbonyl (C=O) groups excluding carboxylic acids is 1. The Hall–Kier alpha value is -1.55. The fourth-order valence-electron chi connectivity index (χ4n) is 2.72. The zero-order valence-corrected chi connectivity index (χ0v) is 13.8. The lowest BCUT2D eigenvalue weighted by Crippen LogP contribution is -2.38. The van der Waals surface area contributed by atoms with Gasteiger partial charge in [0.2, 0.25) is 0 Å². The highest BCUT2D eigenvalue weighted by Crippen LogP contribution is 2.13. The molecular formula is C18H28N2O2. The summed E-state index contributed by atoms with van der Waals surface area (Å²) in [5.74, 6) is 0.695. The Balaban J connectivity index is 1.62. The van der Waals surface area contributed by atoms with E-state index < -0.39 is 6.10 Å². The molecular weight excluding hydrogens is 276 g/mol. The minimum Gasteiger partial charge on any atom is -0.481 e. The van der Waals surface area contributed by atoms with Crippen LogP contribution >= 0.6 is 0 Å². The van der Waals surface area contributed by atoms with Gasteiger partial charge in [0.05, 0.1) is 0 Å². The summed E-state index contributed by atoms with van der Waals surface area (Å²) >= 11 is 0. The molecule has 0 spiro atoms. The maximum atomic E-state index is 12.0. The quantitative estimate of drug-likeness (QED) is 0.788. The third-order valence-electron chi connectivity index (χ3n) is 4.10. The molecule has 1 fully saturated rings. The van der Waals surface area contributed by atoms with Gasteiger partial charge in [-0.05, 0) is 64.9 Å². The fraction of sp³-hybridized carbons (Fsp3) is 0.611. The Bertz CT molecular complexity index is 453. The monoisotopic (exact) mass is 304 g/mol. The van der Waals surface area contributed by atoms with Gasteiger partial charge in [-0.2, -0.15) is 0 Å². The molecule has 0 aromatic heterocycles. The molecule has 1 aromatic carbocycles. The topological polar surface area (TPSA) is 41.6 Å². The zero-order valence-electron chi connectivity index (χ0n) is 13.8. The summed E-state index contributed by atoms with van der Waals surface area (Å²) in [6.45, 7) is 8.04. The van der Waals surface area contributed by atoms with Crippen molar-refractivity contribution in [3.8, 4) is 5.75 Å². The number of aryl methyl sites for hydroxylation is 1. The van der Waals surface area contributed by atoms with Crippen LogP contribution in [0.2, 0.25) is 0 Å². The van der Waals surface area contributed by atoms with Gasteiger partial charge in [0.15, 0.2) is 6.10 Å². The maximum absolute atomic E-state index is 12.0. The Morgan fingerprint density at radius 3 is 2.59 bits per heavy atom. The summed E-state index contributed by atoms with van der Waals surface area (Å²) in [7, 11) is 0. The summed E-state index contributed by atoms with van der Waals surface area (Å²) in [5.41, 5.74) is 1.18. The predicted octanol–water partition coefficient (Wildman–Crippen LogP) is 2.75. The van der Waals surface area contributed by atoms with Crippen LogP contribution in [0.25, 0.3) is 0 Å². The molecule has 0 radical (unpaired) electrons. The number of amides is 1. The van der Waals surface area contributed by atoms with Crippen molar-refractivity contribution in [2.45, 2.75) is 45.6 Å². The van der Waals surface area contributed by atoms with Crippen LogP contribution in [0.1, 0.15) is 38.2 Å². The van der Waals surface area contributed by atoms with Crippen LogP contribution in [0.5, 0.6) is 5.75 Å². The van der Waals surface area contributed by atoms with Crippen LogP contribution in [0.15, 0.2) is 24.3 Å². The van der Waals surface area contributed by atoms with E-state index in [1.165, 1.54) is 37.9 Å². The average molecular weight is 304 g/mol. The molecule has 1 aromatic rings. The van der Waals surface area contributed by atoms with Crippen LogP contribution < -0.4 is 10.1 Å². The predicted molar refractivity (Wildman–Crippen MR) is 89.2 cm³/mol. The molecule has 1 aliphatic rings. The van der Waals surface area contributed by atoms with Gasteiger partial charge in [0.25, 0.3) is 5.91 Å². The van der Waals surface area contributed by atoms with E-state index in [0.717, 1.165) is 25.3 Å². The second-order valence-electron chi connectivity index (χ2n) is 6.12. The Morgan fingerprint density at radius 1 is 1.23 bits per heavy atom. The molecule has 1 amide bonds. The Labute approximate surface area is 133 Å². The van der Waals surface area contributed by atoms with Crippen molar-refractivity contribution in [1.29, 1.82) is 0 Å². The van der Waals surface area contributed by atoms with Crippen molar-refractivity contribution in [2.75, 3.05) is 26.2 Å². The van der Waals surface area contributed by atoms with Gasteiger partial charge in [-0.3, -0.25) is 4.79 Å². The van der Waals surface area contributed by atoms with Gasteiger partial charge in [-0.25, -0.2) is 0 Å². The van der Waals surface area contributed by atoms with E-state index in [9.17, 15) is 4.79 Å². The van der Waals surface area contributed by atoms with E-state index >= 15 is 0 Å². The molecule has 1 atom stereocenters. The van der Waals surface area contributed by atoms with Gasteiger partial charge >= 0.3 is 0 Å². The van der Waals surface area contributed by atoms with Crippen molar-refractivity contribution in [3.63, 3.8) is 0 Å². The summed E-state index contributed by atoms with van der Waals surface area (Å²) in [4.78, 5) is 14.5. The van der Waals surface area contributed by atoms with E-state index in [1.807, 2.05) is 31.2 Å². The minimum absolute atomic E-state index is 0.0424. The van der Waals surface area contributed by atoms with Crippen molar-refractivity contribution in [2.24, 2.45) is 0 Å². The number of rotatable bonds is 7. The molecule has 1 N–H and O–H groups in total. The number of piperidine rings is 1. The normalized spacial score (nSPS) is 17.0. The number of ether oxygens (including phenoxy) is 1. The molecule has 0 bridgehead atoms. The number of hydrogen-bond donors (Lipinski definition) is 1. The van der Waals surface area contributed by atoms with E-state index in [1.54, 1.807) is 6.92 Å². The highest BCUT2D eigenvalue weighted by atomic mass is 16.5. The van der Waals surface area contributed by atoms with Gasteiger partial charge in [-0.15, -0.1) is 0 Å². The highest BCUT2D eigenvalue weighted by Gasteiger charge is 2.14. The number of likely N-dealkylation sites (tertiary alicyclic amines) is 1. The van der Waals surface area contributed by atoms with Crippen molar-refractivity contribution in [3.05, 3.63) is 29.8 Å². The third kappa shape index (κ3) is 5.68. The third-order valence-corrected chi connectivity index (χ3v) is 4.10. The number of hydrogen-bond acceptors (Lipinski definition) is 3. The Morgan fingerprint density at radius 2 is 1.91 bits per heavy atom. The lowest BCUT2D eigenvalue weighted by molar-refractivity contribution is -0.127. The van der Waals surface area contributed by atoms with Gasteiger partial charge in [-0.1, -0.05) is 24.1 Å². The molecule has 2 rings (SSSR count). The second kappa shape index (κ2) is 8.79. The molecule has 22 heavy (non-hydrogen) atoms. The first-order chi connectivity index (χ1) is 10.6. The first-order valence-corrected chi connectivity index (χ1v) is 8.38. The molecule has 0 saturated carbocycles. The number of benzene rings is 1. The number of nitrogens with zero attached hydrogens (tertiary/aromatic N) is 1. The standard InChI is InChI=1S/C18H28N2O2/c1-15-7-9-17(10-8-15)22-16(2)18(21)19-11-6-14-20-12-4-3-5-13-20/h7-10,16H,3-6,11-14H2,1-2H3,(H,19,21). The second-order valence-corrected chi connectivity index (χ2v) is 6.12. The Kier molecular flexibility index (Phi) is 6.72. The highest BCUT2D eigenvalue weighted by molar-refractivity contribution is 5.80. The van der Waals surface area contributed by atoms with Crippen LogP contribution in [0, 0.1) is 6.92 Å². The summed E-state index contributed by atoms with van der Waals surface area (Å²) in [5, 5.41) is 2.96. The summed E-state index contributed by atoms with van der Waals surface area (Å²) < 4.78 is 5.66. The van der Waals surface area contributed by atoms with E-state index in [2.05, 4.69) is 10.2 Å². The first-order valence-electron chi connectivity index (χ1n) is 8.38. The molecule has 4 nitrogen and oxygen atoms in total. The van der Waals surface area contributed by atoms with Crippen molar-refractivity contribution < 1.29 is 9.53 Å². The zero-order chi connectivity index (χ0) is 15.8. The van der Waals surface area contributed by atoms with E-state index in [-0.39, 0.29) is 5.91 Å². The lowest BCUT2D eigenvalue weighted by atomic mass is 10.1. The molecule has 1 saturated heterocycles. The fourth-order valence-corrected chi connectivity index (χ4v) is 2.72. The molecule has 0 aliphatic carbocycles. The average Bonchev–Trinajstić information content (AvgIpc) is 2.54. The van der Waals surface area contributed by atoms with Crippen LogP contribution in [0.4, 0.5) is 0 Å². The number of nitrogens with one attached hydrogen (secondary N) is 1. The van der Waals surface area contributed by atoms with Gasteiger partial charge in [0, 0.05) is 6.54 Å². The van der Waals surface area contributed by atoms with Crippen LogP contribution in [0.3, 0.4) is 0 Å². The van der Waals surface area contributed by atoms with Crippen molar-refractivity contribution >= 4 is 5.91 Å². The SMILES string of the molecule is Cc1ccc(OC(C)C(=O)NCCCN2CCCCC2)cc1. The number of carbonyl (C=O) groups is 1. The maximum Gasteiger partial charge on any atom is 0.260 e. The van der Waals surface area contributed by atoms with Gasteiger partial charge < -0.3 is 15.0 Å². The molecule has 1 aliphatic heterocycles. The molecule has 122 valence electrons. The van der Waals surface area contributed by atoms with Crippen LogP contribution in [-0.4, -0.2) is 43.1 Å². The van der Waals surface area contributed by atoms with Crippen molar-refractivity contribution in [1.82, 2.24) is 10.2 Å². The molecule has 4 heteroatoms. The molecule has 1 unspecified atom stereocenters. The van der Waals surface area contributed by atoms with E-state index in [4.69, 9.17) is 4.74 Å². The van der Waals surface area contributed by atoms with E-state index in [0.29, 0.717) is 0 Å². The lowest BCUT2D eigenvalue weighted by Gasteiger charge is -2.26. The molecule has 1 heterocycles. The largest absolute Gasteiger partial charge is 0.481 e.